The number of fused-ring (bicyclic) bond motifs is 2. The number of aryl methyl sites for hydroxylation is 2. The molecule has 26 heavy (non-hydrogen) atoms. The Balaban J connectivity index is 1.47. The van der Waals surface area contributed by atoms with E-state index in [0.29, 0.717) is 19.5 Å². The Labute approximate surface area is 154 Å². The molecule has 0 radical (unpaired) electrons. The first kappa shape index (κ1) is 17.7. The molecule has 2 fully saturated rings. The third kappa shape index (κ3) is 3.43. The molecule has 6 nitrogen and oxygen atoms in total. The van der Waals surface area contributed by atoms with Gasteiger partial charge in [-0.05, 0) is 50.5 Å². The van der Waals surface area contributed by atoms with Crippen molar-refractivity contribution in [2.45, 2.75) is 76.4 Å². The van der Waals surface area contributed by atoms with Crippen molar-refractivity contribution >= 4 is 5.91 Å². The van der Waals surface area contributed by atoms with Crippen molar-refractivity contribution in [3.8, 4) is 0 Å². The van der Waals surface area contributed by atoms with E-state index in [1.807, 2.05) is 4.90 Å². The van der Waals surface area contributed by atoms with Crippen LogP contribution in [0.15, 0.2) is 10.9 Å². The lowest BCUT2D eigenvalue weighted by molar-refractivity contribution is -0.144. The second kappa shape index (κ2) is 7.14. The number of carbonyl (C=O) groups is 1. The molecule has 2 aliphatic carbocycles. The molecule has 1 aliphatic heterocycles. The van der Waals surface area contributed by atoms with Crippen molar-refractivity contribution in [3.63, 3.8) is 0 Å². The van der Waals surface area contributed by atoms with E-state index in [0.717, 1.165) is 62.6 Å². The highest BCUT2D eigenvalue weighted by Crippen LogP contribution is 2.39. The molecule has 0 unspecified atom stereocenters. The molecule has 1 N–H and O–H groups in total. The largest absolute Gasteiger partial charge is 0.389 e. The predicted molar refractivity (Wildman–Crippen MR) is 97.9 cm³/mol. The summed E-state index contributed by atoms with van der Waals surface area (Å²) in [7, 11) is 0. The molecule has 3 aliphatic rings. The van der Waals surface area contributed by atoms with Crippen LogP contribution in [-0.2, 0) is 24.2 Å². The van der Waals surface area contributed by atoms with Gasteiger partial charge in [0.25, 0.3) is 5.56 Å². The minimum absolute atomic E-state index is 0.0112. The average molecular weight is 359 g/mol. The summed E-state index contributed by atoms with van der Waals surface area (Å²) in [5.74, 6) is 0.117. The minimum atomic E-state index is -0.589. The maximum Gasteiger partial charge on any atom is 0.267 e. The fourth-order valence-corrected chi connectivity index (χ4v) is 4.92. The van der Waals surface area contributed by atoms with Crippen LogP contribution in [0.3, 0.4) is 0 Å². The van der Waals surface area contributed by atoms with Crippen LogP contribution >= 0.6 is 0 Å². The number of hydrogen-bond acceptors (Lipinski definition) is 4. The van der Waals surface area contributed by atoms with E-state index < -0.39 is 5.60 Å². The lowest BCUT2D eigenvalue weighted by Crippen LogP contribution is -2.55. The molecule has 1 amide bonds. The molecule has 142 valence electrons. The monoisotopic (exact) mass is 359 g/mol. The van der Waals surface area contributed by atoms with Gasteiger partial charge in [0, 0.05) is 25.1 Å². The molecule has 1 saturated carbocycles. The van der Waals surface area contributed by atoms with E-state index in [2.05, 4.69) is 5.10 Å². The van der Waals surface area contributed by atoms with Gasteiger partial charge in [0.2, 0.25) is 5.91 Å². The van der Waals surface area contributed by atoms with Crippen molar-refractivity contribution in [3.05, 3.63) is 27.7 Å². The molecule has 1 saturated heterocycles. The van der Waals surface area contributed by atoms with Gasteiger partial charge in [-0.25, -0.2) is 4.68 Å². The molecule has 0 aromatic carbocycles. The van der Waals surface area contributed by atoms with Gasteiger partial charge < -0.3 is 10.0 Å². The normalized spacial score (nSPS) is 28.8. The highest BCUT2D eigenvalue weighted by atomic mass is 16.3. The summed E-state index contributed by atoms with van der Waals surface area (Å²) in [4.78, 5) is 27.0. The number of likely N-dealkylation sites (tertiary alicyclic amines) is 1. The van der Waals surface area contributed by atoms with E-state index in [-0.39, 0.29) is 23.9 Å². The Morgan fingerprint density at radius 3 is 2.92 bits per heavy atom. The number of piperidine rings is 1. The lowest BCUT2D eigenvalue weighted by atomic mass is 9.71. The maximum absolute atomic E-state index is 12.8. The predicted octanol–water partition coefficient (Wildman–Crippen LogP) is 1.67. The van der Waals surface area contributed by atoms with Crippen molar-refractivity contribution in [2.24, 2.45) is 5.92 Å². The third-order valence-electron chi connectivity index (χ3n) is 6.59. The van der Waals surface area contributed by atoms with Crippen molar-refractivity contribution in [1.29, 1.82) is 0 Å². The molecule has 4 rings (SSSR count). The number of nitrogens with zero attached hydrogens (tertiary/aromatic N) is 3. The third-order valence-corrected chi connectivity index (χ3v) is 6.59. The van der Waals surface area contributed by atoms with Gasteiger partial charge in [-0.2, -0.15) is 5.10 Å². The van der Waals surface area contributed by atoms with Gasteiger partial charge in [0.15, 0.2) is 0 Å². The molecule has 1 aromatic heterocycles. The summed E-state index contributed by atoms with van der Waals surface area (Å²) in [5.41, 5.74) is 1.27. The number of aliphatic hydroxyl groups is 1. The zero-order chi connectivity index (χ0) is 18.1. The Morgan fingerprint density at radius 1 is 1.19 bits per heavy atom. The van der Waals surface area contributed by atoms with Crippen LogP contribution in [0.5, 0.6) is 0 Å². The number of carbonyl (C=O) groups excluding carboxylic acids is 1. The topological polar surface area (TPSA) is 75.4 Å². The summed E-state index contributed by atoms with van der Waals surface area (Å²) in [6.07, 6.45) is 9.87. The SMILES string of the molecule is O=C(Cn1nc2c(cc1=O)CCCCC2)N1CC[C@]2(O)CCCC[C@@H]2C1. The Morgan fingerprint density at radius 2 is 2.04 bits per heavy atom. The standard InChI is InChI=1S/C20H29N3O3/c24-18-12-15-6-2-1-3-8-17(15)21-23(18)14-19(25)22-11-10-20(26)9-5-4-7-16(20)13-22/h12,16,26H,1-11,13-14H2/t16-,20-/m1/s1. The number of hydrogen-bond donors (Lipinski definition) is 1. The van der Waals surface area contributed by atoms with E-state index >= 15 is 0 Å². The first-order chi connectivity index (χ1) is 12.5. The van der Waals surface area contributed by atoms with Crippen LogP contribution in [0.4, 0.5) is 0 Å². The highest BCUT2D eigenvalue weighted by molar-refractivity contribution is 5.76. The van der Waals surface area contributed by atoms with E-state index in [9.17, 15) is 14.7 Å². The second-order valence-electron chi connectivity index (χ2n) is 8.31. The van der Waals surface area contributed by atoms with Crippen LogP contribution < -0.4 is 5.56 Å². The Kier molecular flexibility index (Phi) is 4.86. The number of aromatic nitrogens is 2. The zero-order valence-electron chi connectivity index (χ0n) is 15.5. The second-order valence-corrected chi connectivity index (χ2v) is 8.31. The summed E-state index contributed by atoms with van der Waals surface area (Å²) in [6, 6.07) is 1.68. The van der Waals surface area contributed by atoms with Crippen LogP contribution in [0, 0.1) is 5.92 Å². The summed E-state index contributed by atoms with van der Waals surface area (Å²) < 4.78 is 1.34. The summed E-state index contributed by atoms with van der Waals surface area (Å²) in [6.45, 7) is 1.19. The van der Waals surface area contributed by atoms with Gasteiger partial charge in [0.1, 0.15) is 6.54 Å². The zero-order valence-corrected chi connectivity index (χ0v) is 15.5. The molecular formula is C20H29N3O3. The molecule has 6 heteroatoms. The van der Waals surface area contributed by atoms with E-state index in [1.54, 1.807) is 6.07 Å². The van der Waals surface area contributed by atoms with E-state index in [4.69, 9.17) is 0 Å². The van der Waals surface area contributed by atoms with Crippen molar-refractivity contribution < 1.29 is 9.90 Å². The van der Waals surface area contributed by atoms with Crippen molar-refractivity contribution in [1.82, 2.24) is 14.7 Å². The quantitative estimate of drug-likeness (QED) is 0.815. The first-order valence-corrected chi connectivity index (χ1v) is 10.2. The Bertz CT molecular complexity index is 744. The van der Waals surface area contributed by atoms with Crippen LogP contribution in [0.1, 0.15) is 62.6 Å². The molecule has 2 atom stereocenters. The fourth-order valence-electron chi connectivity index (χ4n) is 4.92. The van der Waals surface area contributed by atoms with Gasteiger partial charge in [0.05, 0.1) is 11.3 Å². The number of rotatable bonds is 2. The average Bonchev–Trinajstić information content (AvgIpc) is 2.86. The van der Waals surface area contributed by atoms with Gasteiger partial charge >= 0.3 is 0 Å². The van der Waals surface area contributed by atoms with Gasteiger partial charge in [-0.15, -0.1) is 0 Å². The number of amides is 1. The van der Waals surface area contributed by atoms with Gasteiger partial charge in [-0.3, -0.25) is 9.59 Å². The van der Waals surface area contributed by atoms with E-state index in [1.165, 1.54) is 11.1 Å². The van der Waals surface area contributed by atoms with Crippen LogP contribution in [0.25, 0.3) is 0 Å². The summed E-state index contributed by atoms with van der Waals surface area (Å²) >= 11 is 0. The lowest BCUT2D eigenvalue weighted by Gasteiger charge is -2.47. The molecular weight excluding hydrogens is 330 g/mol. The molecule has 0 spiro atoms. The molecule has 2 heterocycles. The van der Waals surface area contributed by atoms with Crippen LogP contribution in [0.2, 0.25) is 0 Å². The first-order valence-electron chi connectivity index (χ1n) is 10.2. The smallest absolute Gasteiger partial charge is 0.267 e. The summed E-state index contributed by atoms with van der Waals surface area (Å²) in [5, 5.41) is 15.3. The van der Waals surface area contributed by atoms with Gasteiger partial charge in [-0.1, -0.05) is 19.3 Å². The molecule has 0 bridgehead atoms. The van der Waals surface area contributed by atoms with Crippen molar-refractivity contribution in [2.75, 3.05) is 13.1 Å². The van der Waals surface area contributed by atoms with Crippen LogP contribution in [-0.4, -0.2) is 44.4 Å². The maximum atomic E-state index is 12.8. The highest BCUT2D eigenvalue weighted by Gasteiger charge is 2.43. The Hall–Kier alpha value is -1.69. The fraction of sp³-hybridized carbons (Fsp3) is 0.750. The minimum Gasteiger partial charge on any atom is -0.389 e. The molecule has 1 aromatic rings.